The minimum atomic E-state index is -0.678. The highest BCUT2D eigenvalue weighted by molar-refractivity contribution is 5.28. The summed E-state index contributed by atoms with van der Waals surface area (Å²) >= 11 is 0. The molecule has 0 N–H and O–H groups in total. The van der Waals surface area contributed by atoms with Gasteiger partial charge in [0.15, 0.2) is 11.6 Å². The third kappa shape index (κ3) is 3.43. The first-order valence-electron chi connectivity index (χ1n) is 6.70. The van der Waals surface area contributed by atoms with Crippen molar-refractivity contribution in [3.8, 4) is 0 Å². The Kier molecular flexibility index (Phi) is 5.71. The quantitative estimate of drug-likeness (QED) is 0.597. The first kappa shape index (κ1) is 15.9. The summed E-state index contributed by atoms with van der Waals surface area (Å²) in [5.74, 6) is -0.515. The van der Waals surface area contributed by atoms with E-state index < -0.39 is 11.6 Å². The van der Waals surface area contributed by atoms with E-state index in [1.807, 2.05) is 6.92 Å². The lowest BCUT2D eigenvalue weighted by molar-refractivity contribution is 0.363. The first-order valence-corrected chi connectivity index (χ1v) is 6.70. The Morgan fingerprint density at radius 1 is 1.05 bits per heavy atom. The van der Waals surface area contributed by atoms with Crippen LogP contribution in [0.2, 0.25) is 0 Å². The molecule has 0 aromatic heterocycles. The fourth-order valence-electron chi connectivity index (χ4n) is 2.87. The number of aryl methyl sites for hydroxylation is 1. The normalized spacial score (nSPS) is 23.4. The van der Waals surface area contributed by atoms with Crippen LogP contribution >= 0.6 is 0 Å². The Hall–Kier alpha value is -1.18. The minimum Gasteiger partial charge on any atom is -0.203 e. The summed E-state index contributed by atoms with van der Waals surface area (Å²) in [6.07, 6.45) is 8.36. The van der Waals surface area contributed by atoms with E-state index in [-0.39, 0.29) is 13.3 Å². The molecular formula is C17H24F2. The Bertz CT molecular complexity index is 441. The van der Waals surface area contributed by atoms with Crippen LogP contribution in [0.15, 0.2) is 24.3 Å². The summed E-state index contributed by atoms with van der Waals surface area (Å²) < 4.78 is 27.5. The SMILES string of the molecule is C.CC=CC1CCC(c2ccc(C)c(F)c2F)CC1. The van der Waals surface area contributed by atoms with Crippen LogP contribution in [0, 0.1) is 24.5 Å². The molecule has 19 heavy (non-hydrogen) atoms. The second-order valence-electron chi connectivity index (χ2n) is 5.24. The fraction of sp³-hybridized carbons (Fsp3) is 0.529. The molecule has 1 aromatic rings. The molecule has 2 heteroatoms. The van der Waals surface area contributed by atoms with Gasteiger partial charge >= 0.3 is 0 Å². The zero-order chi connectivity index (χ0) is 13.1. The van der Waals surface area contributed by atoms with Crippen molar-refractivity contribution in [2.75, 3.05) is 0 Å². The van der Waals surface area contributed by atoms with Crippen molar-refractivity contribution in [1.29, 1.82) is 0 Å². The van der Waals surface area contributed by atoms with E-state index in [0.29, 0.717) is 17.0 Å². The Morgan fingerprint density at radius 3 is 2.26 bits per heavy atom. The van der Waals surface area contributed by atoms with E-state index in [9.17, 15) is 8.78 Å². The molecule has 1 aliphatic carbocycles. The van der Waals surface area contributed by atoms with E-state index in [1.165, 1.54) is 0 Å². The Morgan fingerprint density at radius 2 is 1.68 bits per heavy atom. The molecular weight excluding hydrogens is 242 g/mol. The van der Waals surface area contributed by atoms with Gasteiger partial charge in [-0.25, -0.2) is 8.78 Å². The summed E-state index contributed by atoms with van der Waals surface area (Å²) in [7, 11) is 0. The smallest absolute Gasteiger partial charge is 0.162 e. The lowest BCUT2D eigenvalue weighted by atomic mass is 9.78. The van der Waals surface area contributed by atoms with Crippen molar-refractivity contribution in [2.24, 2.45) is 5.92 Å². The molecule has 0 spiro atoms. The summed E-state index contributed by atoms with van der Waals surface area (Å²) in [6, 6.07) is 3.44. The van der Waals surface area contributed by atoms with Gasteiger partial charge in [0.2, 0.25) is 0 Å². The molecule has 0 saturated heterocycles. The average Bonchev–Trinajstić information content (AvgIpc) is 2.38. The molecule has 0 amide bonds. The molecule has 1 aromatic carbocycles. The van der Waals surface area contributed by atoms with Gasteiger partial charge in [-0.15, -0.1) is 0 Å². The predicted molar refractivity (Wildman–Crippen MR) is 77.3 cm³/mol. The lowest BCUT2D eigenvalue weighted by Gasteiger charge is -2.27. The predicted octanol–water partition coefficient (Wildman–Crippen LogP) is 5.76. The van der Waals surface area contributed by atoms with Crippen LogP contribution in [0.5, 0.6) is 0 Å². The van der Waals surface area contributed by atoms with E-state index in [1.54, 1.807) is 19.1 Å². The maximum atomic E-state index is 13.9. The summed E-state index contributed by atoms with van der Waals surface area (Å²) in [5, 5.41) is 0. The van der Waals surface area contributed by atoms with E-state index in [2.05, 4.69) is 12.2 Å². The van der Waals surface area contributed by atoms with Crippen molar-refractivity contribution >= 4 is 0 Å². The summed E-state index contributed by atoms with van der Waals surface area (Å²) in [4.78, 5) is 0. The van der Waals surface area contributed by atoms with Gasteiger partial charge in [0.05, 0.1) is 0 Å². The molecule has 1 aliphatic rings. The number of hydrogen-bond donors (Lipinski definition) is 0. The zero-order valence-corrected chi connectivity index (χ0v) is 11.0. The molecule has 0 radical (unpaired) electrons. The van der Waals surface area contributed by atoms with Gasteiger partial charge in [-0.05, 0) is 62.5 Å². The number of halogens is 2. The molecule has 0 aliphatic heterocycles. The molecule has 0 heterocycles. The van der Waals surface area contributed by atoms with Gasteiger partial charge in [-0.3, -0.25) is 0 Å². The third-order valence-corrected chi connectivity index (χ3v) is 3.98. The van der Waals surface area contributed by atoms with Gasteiger partial charge in [0.1, 0.15) is 0 Å². The van der Waals surface area contributed by atoms with Crippen molar-refractivity contribution in [3.63, 3.8) is 0 Å². The second kappa shape index (κ2) is 6.83. The van der Waals surface area contributed by atoms with Crippen molar-refractivity contribution in [3.05, 3.63) is 47.0 Å². The van der Waals surface area contributed by atoms with Crippen molar-refractivity contribution in [1.82, 2.24) is 0 Å². The second-order valence-corrected chi connectivity index (χ2v) is 5.24. The van der Waals surface area contributed by atoms with Crippen LogP contribution in [-0.4, -0.2) is 0 Å². The van der Waals surface area contributed by atoms with E-state index in [0.717, 1.165) is 25.7 Å². The lowest BCUT2D eigenvalue weighted by Crippen LogP contribution is -2.13. The molecule has 0 unspecified atom stereocenters. The largest absolute Gasteiger partial charge is 0.203 e. The monoisotopic (exact) mass is 266 g/mol. The highest BCUT2D eigenvalue weighted by atomic mass is 19.2. The third-order valence-electron chi connectivity index (χ3n) is 3.98. The van der Waals surface area contributed by atoms with Crippen molar-refractivity contribution in [2.45, 2.75) is 52.9 Å². The number of allylic oxidation sites excluding steroid dienone is 2. The summed E-state index contributed by atoms with van der Waals surface area (Å²) in [5.41, 5.74) is 0.955. The molecule has 0 bridgehead atoms. The Balaban J connectivity index is 0.00000180. The summed E-state index contributed by atoms with van der Waals surface area (Å²) in [6.45, 7) is 3.63. The molecule has 0 atom stereocenters. The van der Waals surface area contributed by atoms with Crippen LogP contribution in [0.4, 0.5) is 8.78 Å². The molecule has 1 saturated carbocycles. The fourth-order valence-corrected chi connectivity index (χ4v) is 2.87. The number of benzene rings is 1. The zero-order valence-electron chi connectivity index (χ0n) is 11.0. The number of rotatable bonds is 2. The van der Waals surface area contributed by atoms with Gasteiger partial charge in [-0.2, -0.15) is 0 Å². The molecule has 0 nitrogen and oxygen atoms in total. The van der Waals surface area contributed by atoms with Crippen LogP contribution in [0.25, 0.3) is 0 Å². The van der Waals surface area contributed by atoms with E-state index >= 15 is 0 Å². The first-order chi connectivity index (χ1) is 8.63. The van der Waals surface area contributed by atoms with Crippen LogP contribution in [0.1, 0.15) is 57.1 Å². The standard InChI is InChI=1S/C16H20F2.CH4/c1-3-4-12-6-8-13(9-7-12)14-10-5-11(2)15(17)16(14)18;/h3-5,10,12-13H,6-9H2,1-2H3;1H4. The van der Waals surface area contributed by atoms with Crippen LogP contribution in [0.3, 0.4) is 0 Å². The Labute approximate surface area is 115 Å². The van der Waals surface area contributed by atoms with Gasteiger partial charge in [-0.1, -0.05) is 31.7 Å². The van der Waals surface area contributed by atoms with E-state index in [4.69, 9.17) is 0 Å². The molecule has 106 valence electrons. The highest BCUT2D eigenvalue weighted by Gasteiger charge is 2.24. The average molecular weight is 266 g/mol. The van der Waals surface area contributed by atoms with Crippen LogP contribution in [-0.2, 0) is 0 Å². The molecule has 2 rings (SSSR count). The maximum Gasteiger partial charge on any atom is 0.162 e. The minimum absolute atomic E-state index is 0. The van der Waals surface area contributed by atoms with Crippen molar-refractivity contribution < 1.29 is 8.78 Å². The molecule has 1 fully saturated rings. The number of hydrogen-bond acceptors (Lipinski definition) is 0. The van der Waals surface area contributed by atoms with Crippen LogP contribution < -0.4 is 0 Å². The maximum absolute atomic E-state index is 13.9. The topological polar surface area (TPSA) is 0 Å². The van der Waals surface area contributed by atoms with Gasteiger partial charge in [0, 0.05) is 0 Å². The highest BCUT2D eigenvalue weighted by Crippen LogP contribution is 2.37. The van der Waals surface area contributed by atoms with Gasteiger partial charge in [0.25, 0.3) is 0 Å². The van der Waals surface area contributed by atoms with Gasteiger partial charge < -0.3 is 0 Å².